The zero-order chi connectivity index (χ0) is 14.5. The smallest absolute Gasteiger partial charge is 0.0360 e. The molecule has 0 radical (unpaired) electrons. The minimum absolute atomic E-state index is 0.347. The summed E-state index contributed by atoms with van der Waals surface area (Å²) in [5.41, 5.74) is 4.33. The van der Waals surface area contributed by atoms with Gasteiger partial charge in [-0.2, -0.15) is 0 Å². The molecule has 0 saturated heterocycles. The maximum atomic E-state index is 3.92. The summed E-state index contributed by atoms with van der Waals surface area (Å²) in [4.78, 5) is 0. The second-order valence-corrected chi connectivity index (χ2v) is 5.80. The van der Waals surface area contributed by atoms with Gasteiger partial charge in [0, 0.05) is 12.1 Å². The van der Waals surface area contributed by atoms with Crippen molar-refractivity contribution < 1.29 is 0 Å². The molecule has 0 fully saturated rings. The maximum absolute atomic E-state index is 3.92. The van der Waals surface area contributed by atoms with Gasteiger partial charge < -0.3 is 5.32 Å². The molecule has 0 saturated carbocycles. The Hall–Kier alpha value is -1.86. The molecule has 0 spiro atoms. The van der Waals surface area contributed by atoms with Gasteiger partial charge in [0.2, 0.25) is 0 Å². The molecular weight excluding hydrogens is 254 g/mol. The van der Waals surface area contributed by atoms with E-state index in [1.54, 1.807) is 0 Å². The first-order valence-electron chi connectivity index (χ1n) is 7.88. The van der Waals surface area contributed by atoms with Crippen LogP contribution in [0.25, 0.3) is 0 Å². The molecule has 0 aromatic heterocycles. The average Bonchev–Trinajstić information content (AvgIpc) is 2.55. The molecule has 3 rings (SSSR count). The Bertz CT molecular complexity index is 588. The van der Waals surface area contributed by atoms with Crippen LogP contribution in [-0.4, -0.2) is 0 Å². The molecule has 0 aliphatic heterocycles. The minimum atomic E-state index is 0.347. The van der Waals surface area contributed by atoms with E-state index in [1.807, 2.05) is 6.08 Å². The molecule has 2 aromatic carbocycles. The summed E-state index contributed by atoms with van der Waals surface area (Å²) in [6.45, 7) is 3.92. The van der Waals surface area contributed by atoms with Crippen LogP contribution in [-0.2, 0) is 6.42 Å². The fourth-order valence-corrected chi connectivity index (χ4v) is 3.32. The van der Waals surface area contributed by atoms with E-state index < -0.39 is 0 Å². The first-order valence-corrected chi connectivity index (χ1v) is 7.88. The molecule has 1 N–H and O–H groups in total. The molecular formula is C20H23N. The lowest BCUT2D eigenvalue weighted by Crippen LogP contribution is -2.29. The third-order valence-corrected chi connectivity index (χ3v) is 4.38. The molecule has 2 aromatic rings. The molecule has 108 valence electrons. The van der Waals surface area contributed by atoms with Crippen LogP contribution >= 0.6 is 0 Å². The van der Waals surface area contributed by atoms with Crippen molar-refractivity contribution in [3.05, 3.63) is 83.9 Å². The molecule has 2 atom stereocenters. The summed E-state index contributed by atoms with van der Waals surface area (Å²) >= 11 is 0. The Kier molecular flexibility index (Phi) is 4.52. The Morgan fingerprint density at radius 1 is 1.10 bits per heavy atom. The van der Waals surface area contributed by atoms with E-state index in [0.29, 0.717) is 12.1 Å². The van der Waals surface area contributed by atoms with E-state index in [-0.39, 0.29) is 0 Å². The lowest BCUT2D eigenvalue weighted by atomic mass is 9.86. The summed E-state index contributed by atoms with van der Waals surface area (Å²) < 4.78 is 0. The highest BCUT2D eigenvalue weighted by atomic mass is 15.0. The number of rotatable bonds is 5. The normalized spacial score (nSPS) is 18.8. The number of hydrogen-bond donors (Lipinski definition) is 1. The van der Waals surface area contributed by atoms with E-state index in [4.69, 9.17) is 0 Å². The van der Waals surface area contributed by atoms with Gasteiger partial charge in [-0.15, -0.1) is 6.58 Å². The molecule has 0 amide bonds. The van der Waals surface area contributed by atoms with Crippen LogP contribution in [0.5, 0.6) is 0 Å². The second-order valence-electron chi connectivity index (χ2n) is 5.80. The number of hydrogen-bond acceptors (Lipinski definition) is 1. The van der Waals surface area contributed by atoms with Gasteiger partial charge in [0.15, 0.2) is 0 Å². The summed E-state index contributed by atoms with van der Waals surface area (Å²) in [6.07, 6.45) is 6.68. The topological polar surface area (TPSA) is 12.0 Å². The number of aryl methyl sites for hydroxylation is 1. The molecule has 1 aliphatic carbocycles. The van der Waals surface area contributed by atoms with E-state index in [2.05, 4.69) is 66.5 Å². The standard InChI is InChI=1S/C20H23N/c1-2-9-19(17-11-4-3-5-12-17)21-20-15-8-13-16-10-6-7-14-18(16)20/h2-7,10-12,14,19-21H,1,8-9,13,15H2. The van der Waals surface area contributed by atoms with Crippen LogP contribution in [0, 0.1) is 0 Å². The lowest BCUT2D eigenvalue weighted by Gasteiger charge is -2.30. The van der Waals surface area contributed by atoms with Gasteiger partial charge in [-0.25, -0.2) is 0 Å². The number of benzene rings is 2. The Labute approximate surface area is 127 Å². The first kappa shape index (κ1) is 14.1. The van der Waals surface area contributed by atoms with Gasteiger partial charge in [0.25, 0.3) is 0 Å². The highest BCUT2D eigenvalue weighted by molar-refractivity contribution is 5.32. The van der Waals surface area contributed by atoms with Crippen molar-refractivity contribution in [3.8, 4) is 0 Å². The minimum Gasteiger partial charge on any atom is -0.303 e. The van der Waals surface area contributed by atoms with E-state index in [0.717, 1.165) is 6.42 Å². The summed E-state index contributed by atoms with van der Waals surface area (Å²) in [5.74, 6) is 0. The molecule has 1 aliphatic rings. The van der Waals surface area contributed by atoms with Crippen LogP contribution in [0.15, 0.2) is 67.3 Å². The van der Waals surface area contributed by atoms with Crippen LogP contribution in [0.2, 0.25) is 0 Å². The largest absolute Gasteiger partial charge is 0.303 e. The number of fused-ring (bicyclic) bond motifs is 1. The highest BCUT2D eigenvalue weighted by Gasteiger charge is 2.22. The second kappa shape index (κ2) is 6.73. The van der Waals surface area contributed by atoms with E-state index in [9.17, 15) is 0 Å². The van der Waals surface area contributed by atoms with Crippen molar-refractivity contribution in [3.63, 3.8) is 0 Å². The summed E-state index contributed by atoms with van der Waals surface area (Å²) in [6, 6.07) is 20.4. The van der Waals surface area contributed by atoms with Crippen LogP contribution in [0.1, 0.15) is 48.0 Å². The van der Waals surface area contributed by atoms with Gasteiger partial charge in [-0.05, 0) is 42.4 Å². The van der Waals surface area contributed by atoms with Gasteiger partial charge in [0.1, 0.15) is 0 Å². The van der Waals surface area contributed by atoms with Crippen molar-refractivity contribution in [2.75, 3.05) is 0 Å². The third-order valence-electron chi connectivity index (χ3n) is 4.38. The molecule has 0 heterocycles. The Morgan fingerprint density at radius 3 is 2.67 bits per heavy atom. The lowest BCUT2D eigenvalue weighted by molar-refractivity contribution is 0.401. The first-order chi connectivity index (χ1) is 10.4. The van der Waals surface area contributed by atoms with E-state index in [1.165, 1.54) is 36.0 Å². The van der Waals surface area contributed by atoms with Gasteiger partial charge in [0.05, 0.1) is 0 Å². The third kappa shape index (κ3) is 3.25. The zero-order valence-electron chi connectivity index (χ0n) is 12.5. The summed E-state index contributed by atoms with van der Waals surface area (Å²) in [7, 11) is 0. The van der Waals surface area contributed by atoms with Gasteiger partial charge in [-0.1, -0.05) is 60.7 Å². The predicted octanol–water partition coefficient (Wildman–Crippen LogP) is 4.97. The fourth-order valence-electron chi connectivity index (χ4n) is 3.32. The molecule has 1 nitrogen and oxygen atoms in total. The van der Waals surface area contributed by atoms with Crippen molar-refractivity contribution in [1.82, 2.24) is 5.32 Å². The Morgan fingerprint density at radius 2 is 1.86 bits per heavy atom. The molecule has 1 heteroatoms. The fraction of sp³-hybridized carbons (Fsp3) is 0.300. The van der Waals surface area contributed by atoms with Gasteiger partial charge >= 0.3 is 0 Å². The quantitative estimate of drug-likeness (QED) is 0.761. The maximum Gasteiger partial charge on any atom is 0.0360 e. The molecule has 2 unspecified atom stereocenters. The van der Waals surface area contributed by atoms with Crippen LogP contribution in [0.4, 0.5) is 0 Å². The van der Waals surface area contributed by atoms with Crippen molar-refractivity contribution in [2.24, 2.45) is 0 Å². The molecule has 0 bridgehead atoms. The van der Waals surface area contributed by atoms with E-state index >= 15 is 0 Å². The summed E-state index contributed by atoms with van der Waals surface area (Å²) in [5, 5.41) is 3.86. The Balaban J connectivity index is 1.82. The monoisotopic (exact) mass is 277 g/mol. The zero-order valence-corrected chi connectivity index (χ0v) is 12.5. The number of nitrogens with one attached hydrogen (secondary N) is 1. The van der Waals surface area contributed by atoms with Crippen molar-refractivity contribution in [2.45, 2.75) is 37.8 Å². The van der Waals surface area contributed by atoms with Crippen molar-refractivity contribution in [1.29, 1.82) is 0 Å². The average molecular weight is 277 g/mol. The van der Waals surface area contributed by atoms with Crippen LogP contribution in [0.3, 0.4) is 0 Å². The van der Waals surface area contributed by atoms with Crippen LogP contribution < -0.4 is 5.32 Å². The van der Waals surface area contributed by atoms with Gasteiger partial charge in [-0.3, -0.25) is 0 Å². The molecule has 21 heavy (non-hydrogen) atoms. The van der Waals surface area contributed by atoms with Crippen molar-refractivity contribution >= 4 is 0 Å². The predicted molar refractivity (Wildman–Crippen MR) is 89.3 cm³/mol. The highest BCUT2D eigenvalue weighted by Crippen LogP contribution is 2.32. The SMILES string of the molecule is C=CCC(NC1CCCc2ccccc21)c1ccccc1.